The van der Waals surface area contributed by atoms with Gasteiger partial charge in [0.2, 0.25) is 0 Å². The van der Waals surface area contributed by atoms with Gasteiger partial charge in [-0.2, -0.15) is 0 Å². The molecule has 19 nitrogen and oxygen atoms in total. The van der Waals surface area contributed by atoms with Crippen molar-refractivity contribution in [3.63, 3.8) is 0 Å². The largest absolute Gasteiger partial charge is 0.394 e. The van der Waals surface area contributed by atoms with Gasteiger partial charge in [0.15, 0.2) is 35.2 Å². The summed E-state index contributed by atoms with van der Waals surface area (Å²) in [6.07, 6.45) is 4.80. The molecule has 4 aromatic rings. The molecule has 2 aliphatic heterocycles. The first-order valence-electron chi connectivity index (χ1n) is 27.5. The summed E-state index contributed by atoms with van der Waals surface area (Å²) < 4.78 is 34.2. The second kappa shape index (κ2) is 33.1. The van der Waals surface area contributed by atoms with Crippen LogP contribution < -0.4 is 10.6 Å². The quantitative estimate of drug-likeness (QED) is 0.0350. The molecule has 0 radical (unpaired) electrons. The normalized spacial score (nSPS) is 17.0. The summed E-state index contributed by atoms with van der Waals surface area (Å²) in [6.45, 7) is 6.12. The lowest BCUT2D eigenvalue weighted by Crippen LogP contribution is -2.62. The number of nitrogens with one attached hydrogen (secondary N) is 2. The third kappa shape index (κ3) is 18.2. The van der Waals surface area contributed by atoms with Crippen molar-refractivity contribution < 1.29 is 72.5 Å². The number of likely N-dealkylation sites (N-methyl/N-ethyl adjacent to an activating group) is 4. The Balaban J connectivity index is 0.000000315. The Morgan fingerprint density at radius 1 is 0.610 bits per heavy atom. The van der Waals surface area contributed by atoms with Crippen LogP contribution in [0.5, 0.6) is 0 Å². The molecule has 4 amide bonds. The number of nitrogens with zero attached hydrogens (tertiary/aromatic N) is 2. The van der Waals surface area contributed by atoms with E-state index >= 15 is 0 Å². The number of aliphatic hydroxyl groups is 3. The predicted octanol–water partition coefficient (Wildman–Crippen LogP) is 5.05. The van der Waals surface area contributed by atoms with Gasteiger partial charge in [0, 0.05) is 81.4 Å². The number of aliphatic hydroxyl groups excluding tert-OH is 3. The van der Waals surface area contributed by atoms with Crippen molar-refractivity contribution in [3.8, 4) is 23.7 Å². The standard InChI is InChI=1S/C37H48N2O8.C26H30N2O7/c1-5-22-43-25-31(47-34-11-7-9-24-45-34)29-18-14-27(15-19-29)12-13-28-16-20-30(21-17-28)35(41)39(4)37(2,36(42)38-3)32(40)26-46-33-10-6-8-23-44-33;1-26(23(32)16-30,25(34)27-2)28(3)24(33)21-12-8-19(9-13-21)5-4-18-6-10-20(11-7-18)22(31)17-35-15-14-29/h14-21,31,33-34H,5-11,22-26H2,1-4H3,(H,38,42);6-13,22,29-31H,14-17H2,1-3H3,(H,27,34)/t31-,33?,34?,37-;22-,26-/m11/s1. The van der Waals surface area contributed by atoms with E-state index in [1.165, 1.54) is 42.0 Å². The number of hydrogen-bond acceptors (Lipinski definition) is 15. The van der Waals surface area contributed by atoms with Crippen LogP contribution in [0.4, 0.5) is 0 Å². The van der Waals surface area contributed by atoms with E-state index in [2.05, 4.69) is 41.2 Å². The minimum Gasteiger partial charge on any atom is -0.394 e. The highest BCUT2D eigenvalue weighted by Gasteiger charge is 2.48. The minimum atomic E-state index is -1.86. The molecule has 6 rings (SSSR count). The van der Waals surface area contributed by atoms with Crippen molar-refractivity contribution in [1.29, 1.82) is 0 Å². The van der Waals surface area contributed by atoms with Crippen molar-refractivity contribution in [2.75, 3.05) is 87.7 Å². The number of Topliss-reactive ketones (excluding diaryl/α,β-unsaturated/α-hetero) is 2. The maximum atomic E-state index is 13.5. The van der Waals surface area contributed by atoms with Crippen molar-refractivity contribution in [2.45, 2.75) is 102 Å². The van der Waals surface area contributed by atoms with Gasteiger partial charge in [0.25, 0.3) is 23.6 Å². The summed E-state index contributed by atoms with van der Waals surface area (Å²) >= 11 is 0. The first-order valence-corrected chi connectivity index (χ1v) is 27.5. The highest BCUT2D eigenvalue weighted by atomic mass is 16.7. The van der Waals surface area contributed by atoms with E-state index in [4.69, 9.17) is 33.5 Å². The summed E-state index contributed by atoms with van der Waals surface area (Å²) in [6, 6.07) is 28.1. The molecule has 0 bridgehead atoms. The van der Waals surface area contributed by atoms with Crippen LogP contribution in [-0.2, 0) is 47.6 Å². The van der Waals surface area contributed by atoms with E-state index in [9.17, 15) is 39.0 Å². The van der Waals surface area contributed by atoms with Gasteiger partial charge < -0.3 is 64.2 Å². The molecule has 5 N–H and O–H groups in total. The molecule has 0 saturated carbocycles. The zero-order valence-electron chi connectivity index (χ0n) is 48.0. The van der Waals surface area contributed by atoms with Crippen LogP contribution in [0.3, 0.4) is 0 Å². The summed E-state index contributed by atoms with van der Waals surface area (Å²) in [5.41, 5.74) is 1.52. The number of carbonyl (C=O) groups is 6. The van der Waals surface area contributed by atoms with E-state index < -0.39 is 65.3 Å². The van der Waals surface area contributed by atoms with Gasteiger partial charge in [0.05, 0.1) is 26.4 Å². The van der Waals surface area contributed by atoms with Gasteiger partial charge in [-0.05, 0) is 143 Å². The van der Waals surface area contributed by atoms with Gasteiger partial charge in [-0.3, -0.25) is 28.8 Å². The Kier molecular flexibility index (Phi) is 26.5. The second-order valence-electron chi connectivity index (χ2n) is 19.9. The summed E-state index contributed by atoms with van der Waals surface area (Å²) in [5, 5.41) is 32.9. The fourth-order valence-corrected chi connectivity index (χ4v) is 8.67. The molecule has 0 aliphatic carbocycles. The number of benzene rings is 4. The Bertz CT molecular complexity index is 2830. The minimum absolute atomic E-state index is 0.0856. The van der Waals surface area contributed by atoms with Gasteiger partial charge in [-0.15, -0.1) is 0 Å². The number of carbonyl (C=O) groups excluding carboxylic acids is 6. The molecular weight excluding hydrogens is 1050 g/mol. The third-order valence-corrected chi connectivity index (χ3v) is 14.2. The van der Waals surface area contributed by atoms with Gasteiger partial charge >= 0.3 is 0 Å². The number of amides is 4. The second-order valence-corrected chi connectivity index (χ2v) is 19.9. The van der Waals surface area contributed by atoms with Crippen LogP contribution in [0.25, 0.3) is 0 Å². The Labute approximate surface area is 480 Å². The number of ketones is 2. The molecule has 2 aliphatic rings. The van der Waals surface area contributed by atoms with Crippen LogP contribution in [-0.4, -0.2) is 172 Å². The number of hydrogen-bond donors (Lipinski definition) is 5. The smallest absolute Gasteiger partial charge is 0.254 e. The third-order valence-electron chi connectivity index (χ3n) is 14.2. The topological polar surface area (TPSA) is 249 Å². The summed E-state index contributed by atoms with van der Waals surface area (Å²) in [7, 11) is 5.55. The zero-order chi connectivity index (χ0) is 59.7. The lowest BCUT2D eigenvalue weighted by Gasteiger charge is -2.36. The SMILES string of the molecule is CCCOC[C@@H](OC1CCCCO1)c1ccc(C#Cc2ccc(C(=O)N(C)[C@](C)(C(=O)COC3CCCCO3)C(=O)NC)cc2)cc1.CNC(=O)[C@@](C)(C(=O)CO)N(C)C(=O)c1ccc(C#Cc2ccc([C@H](O)COCCO)cc2)cc1. The van der Waals surface area contributed by atoms with Crippen LogP contribution in [0.1, 0.15) is 132 Å². The fourth-order valence-electron chi connectivity index (χ4n) is 8.67. The molecule has 2 fully saturated rings. The predicted molar refractivity (Wildman–Crippen MR) is 305 cm³/mol. The van der Waals surface area contributed by atoms with Crippen LogP contribution in [0.15, 0.2) is 97.1 Å². The van der Waals surface area contributed by atoms with Gasteiger partial charge in [-0.25, -0.2) is 0 Å². The van der Waals surface area contributed by atoms with Crippen LogP contribution in [0.2, 0.25) is 0 Å². The maximum absolute atomic E-state index is 13.5. The van der Waals surface area contributed by atoms with Crippen molar-refractivity contribution in [3.05, 3.63) is 142 Å². The Hall–Kier alpha value is -7.14. The Morgan fingerprint density at radius 3 is 1.45 bits per heavy atom. The first kappa shape index (κ1) is 65.7. The average Bonchev–Trinajstić information content (AvgIpc) is 3.59. The monoisotopic (exact) mass is 1130 g/mol. The van der Waals surface area contributed by atoms with E-state index in [0.29, 0.717) is 55.1 Å². The van der Waals surface area contributed by atoms with Crippen molar-refractivity contribution in [1.82, 2.24) is 20.4 Å². The van der Waals surface area contributed by atoms with Crippen LogP contribution in [0, 0.1) is 23.7 Å². The summed E-state index contributed by atoms with van der Waals surface area (Å²) in [5.74, 6) is 8.62. The molecule has 2 saturated heterocycles. The molecule has 440 valence electrons. The highest BCUT2D eigenvalue weighted by Crippen LogP contribution is 2.26. The van der Waals surface area contributed by atoms with Crippen molar-refractivity contribution >= 4 is 35.2 Å². The highest BCUT2D eigenvalue weighted by molar-refractivity contribution is 6.15. The molecule has 2 heterocycles. The maximum Gasteiger partial charge on any atom is 0.254 e. The van der Waals surface area contributed by atoms with Gasteiger partial charge in [0.1, 0.15) is 25.4 Å². The van der Waals surface area contributed by atoms with E-state index in [-0.39, 0.29) is 44.4 Å². The number of rotatable bonds is 24. The van der Waals surface area contributed by atoms with Crippen LogP contribution >= 0.6 is 0 Å². The van der Waals surface area contributed by atoms with Gasteiger partial charge in [-0.1, -0.05) is 54.9 Å². The number of ether oxygens (including phenoxy) is 6. The molecule has 2 unspecified atom stereocenters. The molecule has 0 spiro atoms. The van der Waals surface area contributed by atoms with E-state index in [0.717, 1.165) is 65.0 Å². The fraction of sp³-hybridized carbons (Fsp3) is 0.460. The molecular formula is C63H78N4O15. The van der Waals surface area contributed by atoms with Crippen molar-refractivity contribution in [2.24, 2.45) is 0 Å². The van der Waals surface area contributed by atoms with E-state index in [1.807, 2.05) is 24.3 Å². The average molecular weight is 1130 g/mol. The molecule has 19 heteroatoms. The van der Waals surface area contributed by atoms with E-state index in [1.54, 1.807) is 72.8 Å². The summed E-state index contributed by atoms with van der Waals surface area (Å²) in [4.78, 5) is 79.4. The lowest BCUT2D eigenvalue weighted by atomic mass is 9.92. The zero-order valence-corrected chi connectivity index (χ0v) is 48.0. The first-order chi connectivity index (χ1) is 39.4. The molecule has 82 heavy (non-hydrogen) atoms. The Morgan fingerprint density at radius 2 is 1.04 bits per heavy atom. The molecule has 0 aromatic heterocycles. The molecule has 4 aromatic carbocycles. The molecule has 6 atom stereocenters. The lowest BCUT2D eigenvalue weighted by molar-refractivity contribution is -0.200.